The van der Waals surface area contributed by atoms with Gasteiger partial charge in [0.15, 0.2) is 0 Å². The van der Waals surface area contributed by atoms with Crippen LogP contribution in [0.3, 0.4) is 0 Å². The van der Waals surface area contributed by atoms with Gasteiger partial charge in [-0.05, 0) is 121 Å². The molecule has 1 aliphatic heterocycles. The third-order valence-corrected chi connectivity index (χ3v) is 8.82. The van der Waals surface area contributed by atoms with Gasteiger partial charge in [0, 0.05) is 6.04 Å². The van der Waals surface area contributed by atoms with Gasteiger partial charge in [0.1, 0.15) is 18.1 Å². The van der Waals surface area contributed by atoms with Crippen LogP contribution in [0.1, 0.15) is 77.3 Å². The zero-order valence-electron chi connectivity index (χ0n) is 20.8. The van der Waals surface area contributed by atoms with Crippen molar-refractivity contribution in [1.82, 2.24) is 10.0 Å². The van der Waals surface area contributed by atoms with E-state index in [4.69, 9.17) is 9.47 Å². The van der Waals surface area contributed by atoms with Gasteiger partial charge in [0.25, 0.3) is 0 Å². The van der Waals surface area contributed by atoms with Crippen LogP contribution in [0.2, 0.25) is 0 Å². The summed E-state index contributed by atoms with van der Waals surface area (Å²) in [7, 11) is -3.26. The molecule has 3 rings (SSSR count). The first-order chi connectivity index (χ1) is 15.7. The van der Waals surface area contributed by atoms with Crippen molar-refractivity contribution < 1.29 is 17.9 Å². The van der Waals surface area contributed by atoms with Gasteiger partial charge in [-0.2, -0.15) is 0 Å². The summed E-state index contributed by atoms with van der Waals surface area (Å²) >= 11 is 0. The molecule has 186 valence electrons. The fourth-order valence-electron chi connectivity index (χ4n) is 4.43. The predicted molar refractivity (Wildman–Crippen MR) is 136 cm³/mol. The molecule has 0 amide bonds. The van der Waals surface area contributed by atoms with Crippen LogP contribution in [0.25, 0.3) is 6.08 Å². The summed E-state index contributed by atoms with van der Waals surface area (Å²) < 4.78 is 38.5. The normalized spacial score (nSPS) is 20.8. The Morgan fingerprint density at radius 2 is 1.88 bits per heavy atom. The third kappa shape index (κ3) is 7.46. The lowest BCUT2D eigenvalue weighted by atomic mass is 9.86. The number of benzene rings is 1. The van der Waals surface area contributed by atoms with Crippen molar-refractivity contribution in [3.8, 4) is 11.5 Å². The van der Waals surface area contributed by atoms with Crippen molar-refractivity contribution in [3.05, 3.63) is 29.3 Å². The van der Waals surface area contributed by atoms with Gasteiger partial charge >= 0.3 is 0 Å². The SMILES string of the molecule is CCOc1cc(CCCCNCC2CCC(NS(=O)(=O)C(C)(C)C)CC2)cc2c1C=CCO2. The van der Waals surface area contributed by atoms with Crippen molar-refractivity contribution in [2.24, 2.45) is 5.92 Å². The first kappa shape index (κ1) is 26.0. The Bertz CT molecular complexity index is 898. The van der Waals surface area contributed by atoms with E-state index in [2.05, 4.69) is 28.2 Å². The average Bonchev–Trinajstić information content (AvgIpc) is 2.76. The molecule has 0 bridgehead atoms. The molecule has 0 spiro atoms. The van der Waals surface area contributed by atoms with E-state index in [9.17, 15) is 8.42 Å². The van der Waals surface area contributed by atoms with Crippen LogP contribution in [0.15, 0.2) is 18.2 Å². The number of fused-ring (bicyclic) bond motifs is 1. The summed E-state index contributed by atoms with van der Waals surface area (Å²) in [6.45, 7) is 10.6. The Balaban J connectivity index is 1.33. The fourth-order valence-corrected chi connectivity index (χ4v) is 5.46. The molecular weight excluding hydrogens is 436 g/mol. The highest BCUT2D eigenvalue weighted by Gasteiger charge is 2.32. The monoisotopic (exact) mass is 478 g/mol. The maximum absolute atomic E-state index is 12.4. The fraction of sp³-hybridized carbons (Fsp3) is 0.692. The minimum Gasteiger partial charge on any atom is -0.493 e. The van der Waals surface area contributed by atoms with Gasteiger partial charge in [0.05, 0.1) is 16.9 Å². The standard InChI is InChI=1S/C26H42N2O4S/c1-5-31-24-17-21(18-25-23(24)10-8-16-32-25)9-6-7-15-27-19-20-11-13-22(14-12-20)28-33(29,30)26(2,3)4/h8,10,17-18,20,22,27-28H,5-7,9,11-16,19H2,1-4H3. The molecule has 7 heteroatoms. The minimum absolute atomic E-state index is 0.0862. The summed E-state index contributed by atoms with van der Waals surface area (Å²) in [6.07, 6.45) is 11.4. The van der Waals surface area contributed by atoms with Crippen molar-refractivity contribution in [2.75, 3.05) is 26.3 Å². The summed E-state index contributed by atoms with van der Waals surface area (Å²) in [5.41, 5.74) is 2.32. The largest absolute Gasteiger partial charge is 0.493 e. The van der Waals surface area contributed by atoms with Gasteiger partial charge in [-0.1, -0.05) is 0 Å². The maximum Gasteiger partial charge on any atom is 0.216 e. The quantitative estimate of drug-likeness (QED) is 0.452. The van der Waals surface area contributed by atoms with Crippen LogP contribution in [0.5, 0.6) is 11.5 Å². The van der Waals surface area contributed by atoms with Crippen molar-refractivity contribution in [1.29, 1.82) is 0 Å². The van der Waals surface area contributed by atoms with Crippen molar-refractivity contribution in [3.63, 3.8) is 0 Å². The molecule has 1 saturated carbocycles. The van der Waals surface area contributed by atoms with Gasteiger partial charge < -0.3 is 14.8 Å². The molecule has 2 N–H and O–H groups in total. The Morgan fingerprint density at radius 3 is 2.58 bits per heavy atom. The summed E-state index contributed by atoms with van der Waals surface area (Å²) in [4.78, 5) is 0. The highest BCUT2D eigenvalue weighted by molar-refractivity contribution is 7.90. The van der Waals surface area contributed by atoms with Crippen LogP contribution in [-0.4, -0.2) is 45.5 Å². The highest BCUT2D eigenvalue weighted by atomic mass is 32.2. The van der Waals surface area contributed by atoms with Gasteiger partial charge in [0.2, 0.25) is 10.0 Å². The highest BCUT2D eigenvalue weighted by Crippen LogP contribution is 2.34. The molecule has 6 nitrogen and oxygen atoms in total. The third-order valence-electron chi connectivity index (χ3n) is 6.56. The van der Waals surface area contributed by atoms with E-state index in [-0.39, 0.29) is 6.04 Å². The molecule has 1 aromatic rings. The van der Waals surface area contributed by atoms with E-state index in [0.717, 1.165) is 75.1 Å². The van der Waals surface area contributed by atoms with Gasteiger partial charge in [-0.25, -0.2) is 13.1 Å². The number of sulfonamides is 1. The Hall–Kier alpha value is -1.57. The van der Waals surface area contributed by atoms with E-state index in [1.54, 1.807) is 20.8 Å². The smallest absolute Gasteiger partial charge is 0.216 e. The van der Waals surface area contributed by atoms with E-state index >= 15 is 0 Å². The van der Waals surface area contributed by atoms with Crippen LogP contribution in [-0.2, 0) is 16.4 Å². The second kappa shape index (κ2) is 11.7. The molecular formula is C26H42N2O4S. The number of unbranched alkanes of at least 4 members (excludes halogenated alkanes) is 1. The minimum atomic E-state index is -3.26. The van der Waals surface area contributed by atoms with Crippen molar-refractivity contribution in [2.45, 2.75) is 83.4 Å². The summed E-state index contributed by atoms with van der Waals surface area (Å²) in [5, 5.41) is 3.61. The first-order valence-electron chi connectivity index (χ1n) is 12.5. The second-order valence-corrected chi connectivity index (χ2v) is 12.7. The molecule has 0 aromatic heterocycles. The average molecular weight is 479 g/mol. The zero-order valence-corrected chi connectivity index (χ0v) is 21.6. The molecule has 0 atom stereocenters. The van der Waals surface area contributed by atoms with Crippen LogP contribution < -0.4 is 19.5 Å². The molecule has 2 aliphatic rings. The number of aryl methyl sites for hydroxylation is 1. The molecule has 33 heavy (non-hydrogen) atoms. The lowest BCUT2D eigenvalue weighted by molar-refractivity contribution is 0.301. The van der Waals surface area contributed by atoms with E-state index in [1.807, 2.05) is 13.0 Å². The summed E-state index contributed by atoms with van der Waals surface area (Å²) in [5.74, 6) is 2.48. The maximum atomic E-state index is 12.4. The molecule has 0 radical (unpaired) electrons. The molecule has 1 aliphatic carbocycles. The number of nitrogens with one attached hydrogen (secondary N) is 2. The second-order valence-electron chi connectivity index (χ2n) is 10.3. The summed E-state index contributed by atoms with van der Waals surface area (Å²) in [6, 6.07) is 4.39. The van der Waals surface area contributed by atoms with Crippen LogP contribution in [0, 0.1) is 5.92 Å². The number of ether oxygens (including phenoxy) is 2. The van der Waals surface area contributed by atoms with Gasteiger partial charge in [-0.15, -0.1) is 0 Å². The Kier molecular flexibility index (Phi) is 9.25. The molecule has 0 saturated heterocycles. The number of rotatable bonds is 11. The lowest BCUT2D eigenvalue weighted by Gasteiger charge is -2.31. The molecule has 1 fully saturated rings. The van der Waals surface area contributed by atoms with Crippen LogP contribution >= 0.6 is 0 Å². The predicted octanol–water partition coefficient (Wildman–Crippen LogP) is 4.68. The molecule has 1 aromatic carbocycles. The van der Waals surface area contributed by atoms with Crippen molar-refractivity contribution >= 4 is 16.1 Å². The van der Waals surface area contributed by atoms with E-state index in [0.29, 0.717) is 19.1 Å². The first-order valence-corrected chi connectivity index (χ1v) is 14.0. The van der Waals surface area contributed by atoms with Gasteiger partial charge in [-0.3, -0.25) is 0 Å². The number of hydrogen-bond acceptors (Lipinski definition) is 5. The van der Waals surface area contributed by atoms with E-state index < -0.39 is 14.8 Å². The van der Waals surface area contributed by atoms with E-state index in [1.165, 1.54) is 5.56 Å². The topological polar surface area (TPSA) is 76.7 Å². The Morgan fingerprint density at radius 1 is 1.12 bits per heavy atom. The Labute approximate surface area is 200 Å². The molecule has 1 heterocycles. The number of hydrogen-bond donors (Lipinski definition) is 2. The van der Waals surface area contributed by atoms with Crippen LogP contribution in [0.4, 0.5) is 0 Å². The zero-order chi connectivity index (χ0) is 23.9. The lowest BCUT2D eigenvalue weighted by Crippen LogP contribution is -2.46. The molecule has 0 unspecified atom stereocenters.